The lowest BCUT2D eigenvalue weighted by atomic mass is 9.82. The van der Waals surface area contributed by atoms with Gasteiger partial charge in [0.15, 0.2) is 0 Å². The van der Waals surface area contributed by atoms with Crippen molar-refractivity contribution in [2.45, 2.75) is 32.7 Å². The van der Waals surface area contributed by atoms with Crippen LogP contribution >= 0.6 is 15.9 Å². The van der Waals surface area contributed by atoms with E-state index in [0.717, 1.165) is 16.2 Å². The average Bonchev–Trinajstić information content (AvgIpc) is 2.06. The summed E-state index contributed by atoms with van der Waals surface area (Å²) in [6, 6.07) is 4.74. The Morgan fingerprint density at radius 2 is 2.14 bits per heavy atom. The third kappa shape index (κ3) is 2.08. The number of hydrogen-bond acceptors (Lipinski definition) is 2. The number of nitrogens with one attached hydrogen (secondary N) is 1. The lowest BCUT2D eigenvalue weighted by Crippen LogP contribution is -2.34. The monoisotopic (exact) mass is 254 g/mol. The average molecular weight is 255 g/mol. The number of halogens is 1. The summed E-state index contributed by atoms with van der Waals surface area (Å²) in [6.45, 7) is 4.33. The number of hydrogen-bond donors (Lipinski definition) is 1. The Morgan fingerprint density at radius 3 is 2.71 bits per heavy atom. The normalized spacial score (nSPS) is 25.6. The topological polar surface area (TPSA) is 24.9 Å². The molecule has 0 spiro atoms. The predicted molar refractivity (Wildman–Crippen MR) is 62.5 cm³/mol. The molecule has 2 nitrogen and oxygen atoms in total. The molecule has 14 heavy (non-hydrogen) atoms. The van der Waals surface area contributed by atoms with Crippen LogP contribution in [0.3, 0.4) is 0 Å². The van der Waals surface area contributed by atoms with Crippen LogP contribution in [0.15, 0.2) is 16.7 Å². The van der Waals surface area contributed by atoms with Crippen LogP contribution in [0.25, 0.3) is 0 Å². The first-order valence-electron chi connectivity index (χ1n) is 5.05. The van der Waals surface area contributed by atoms with Gasteiger partial charge < -0.3 is 5.32 Å². The molecule has 0 radical (unpaired) electrons. The molecule has 1 N–H and O–H groups in total. The van der Waals surface area contributed by atoms with Gasteiger partial charge in [0.05, 0.1) is 11.4 Å². The van der Waals surface area contributed by atoms with E-state index in [1.165, 1.54) is 18.5 Å². The van der Waals surface area contributed by atoms with Gasteiger partial charge in [-0.05, 0) is 53.7 Å². The maximum absolute atomic E-state index is 4.36. The minimum Gasteiger partial charge on any atom is -0.381 e. The van der Waals surface area contributed by atoms with Crippen molar-refractivity contribution in [3.63, 3.8) is 0 Å². The Labute approximate surface area is 93.3 Å². The van der Waals surface area contributed by atoms with E-state index in [4.69, 9.17) is 0 Å². The molecule has 0 atom stereocenters. The van der Waals surface area contributed by atoms with Gasteiger partial charge in [-0.25, -0.2) is 4.98 Å². The highest BCUT2D eigenvalue weighted by Crippen LogP contribution is 2.30. The van der Waals surface area contributed by atoms with Crippen LogP contribution in [0.4, 0.5) is 5.69 Å². The van der Waals surface area contributed by atoms with Crippen LogP contribution in [0.2, 0.25) is 0 Å². The van der Waals surface area contributed by atoms with Crippen LogP contribution in [-0.4, -0.2) is 11.0 Å². The second-order valence-electron chi connectivity index (χ2n) is 4.18. The molecule has 0 saturated heterocycles. The Bertz CT molecular complexity index is 332. The number of aryl methyl sites for hydroxylation is 1. The summed E-state index contributed by atoms with van der Waals surface area (Å²) < 4.78 is 0.905. The smallest absolute Gasteiger partial charge is 0.106 e. The van der Waals surface area contributed by atoms with Gasteiger partial charge in [0.2, 0.25) is 0 Å². The number of pyridine rings is 1. The van der Waals surface area contributed by atoms with Crippen molar-refractivity contribution in [1.29, 1.82) is 0 Å². The molecular weight excluding hydrogens is 240 g/mol. The van der Waals surface area contributed by atoms with E-state index in [1.54, 1.807) is 0 Å². The van der Waals surface area contributed by atoms with Crippen molar-refractivity contribution < 1.29 is 0 Å². The van der Waals surface area contributed by atoms with Gasteiger partial charge in [0, 0.05) is 6.04 Å². The summed E-state index contributed by atoms with van der Waals surface area (Å²) in [5.74, 6) is 0.885. The van der Waals surface area contributed by atoms with E-state index < -0.39 is 0 Å². The predicted octanol–water partition coefficient (Wildman–Crippen LogP) is 3.36. The fourth-order valence-electron chi connectivity index (χ4n) is 1.92. The first kappa shape index (κ1) is 9.97. The zero-order valence-corrected chi connectivity index (χ0v) is 10.1. The minimum absolute atomic E-state index is 0.659. The fraction of sp³-hybridized carbons (Fsp3) is 0.545. The van der Waals surface area contributed by atoms with Crippen molar-refractivity contribution in [2.24, 2.45) is 5.92 Å². The number of nitrogens with zero attached hydrogens (tertiary/aromatic N) is 1. The first-order valence-corrected chi connectivity index (χ1v) is 5.84. The zero-order valence-electron chi connectivity index (χ0n) is 8.55. The highest BCUT2D eigenvalue weighted by Gasteiger charge is 2.25. The van der Waals surface area contributed by atoms with Crippen LogP contribution in [0.1, 0.15) is 25.5 Å². The number of anilines is 1. The molecule has 0 unspecified atom stereocenters. The van der Waals surface area contributed by atoms with Crippen molar-refractivity contribution in [3.8, 4) is 0 Å². The second kappa shape index (κ2) is 3.89. The standard InChI is InChI=1S/C11H15BrN2/c1-7-5-9(6-7)14-10-3-4-11(12)13-8(10)2/h3-4,7,9,14H,5-6H2,1-2H3. The van der Waals surface area contributed by atoms with E-state index in [9.17, 15) is 0 Å². The highest BCUT2D eigenvalue weighted by atomic mass is 79.9. The van der Waals surface area contributed by atoms with Crippen molar-refractivity contribution in [3.05, 3.63) is 22.4 Å². The molecule has 0 aliphatic heterocycles. The van der Waals surface area contributed by atoms with Gasteiger partial charge in [-0.2, -0.15) is 0 Å². The lowest BCUT2D eigenvalue weighted by Gasteiger charge is -2.34. The summed E-state index contributed by atoms with van der Waals surface area (Å²) >= 11 is 3.36. The first-order chi connectivity index (χ1) is 6.65. The Hall–Kier alpha value is -0.570. The van der Waals surface area contributed by atoms with Crippen molar-refractivity contribution in [2.75, 3.05) is 5.32 Å². The molecule has 1 saturated carbocycles. The molecule has 1 aliphatic rings. The SMILES string of the molecule is Cc1nc(Br)ccc1NC1CC(C)C1. The molecule has 0 amide bonds. The molecule has 0 aromatic carbocycles. The molecule has 1 aromatic heterocycles. The largest absolute Gasteiger partial charge is 0.381 e. The summed E-state index contributed by atoms with van der Waals surface area (Å²) in [7, 11) is 0. The summed E-state index contributed by atoms with van der Waals surface area (Å²) in [4.78, 5) is 4.36. The Kier molecular flexibility index (Phi) is 2.77. The number of aromatic nitrogens is 1. The highest BCUT2D eigenvalue weighted by molar-refractivity contribution is 9.10. The molecule has 76 valence electrons. The van der Waals surface area contributed by atoms with Crippen LogP contribution in [0, 0.1) is 12.8 Å². The molecule has 0 bridgehead atoms. The molecule has 3 heteroatoms. The van der Waals surface area contributed by atoms with Crippen LogP contribution in [0.5, 0.6) is 0 Å². The van der Waals surface area contributed by atoms with Crippen molar-refractivity contribution in [1.82, 2.24) is 4.98 Å². The third-order valence-electron chi connectivity index (χ3n) is 2.79. The van der Waals surface area contributed by atoms with E-state index in [2.05, 4.69) is 39.2 Å². The molecular formula is C11H15BrN2. The summed E-state index contributed by atoms with van der Waals surface area (Å²) in [6.07, 6.45) is 2.57. The Balaban J connectivity index is 2.02. The van der Waals surface area contributed by atoms with E-state index in [0.29, 0.717) is 6.04 Å². The molecule has 2 rings (SSSR count). The molecule has 1 aromatic rings. The van der Waals surface area contributed by atoms with Gasteiger partial charge in [-0.1, -0.05) is 6.92 Å². The third-order valence-corrected chi connectivity index (χ3v) is 3.23. The summed E-state index contributed by atoms with van der Waals surface area (Å²) in [5.41, 5.74) is 2.24. The van der Waals surface area contributed by atoms with E-state index in [1.807, 2.05) is 13.0 Å². The molecule has 1 heterocycles. The maximum Gasteiger partial charge on any atom is 0.106 e. The van der Waals surface area contributed by atoms with Gasteiger partial charge in [-0.15, -0.1) is 0 Å². The van der Waals surface area contributed by atoms with Gasteiger partial charge >= 0.3 is 0 Å². The molecule has 1 aliphatic carbocycles. The van der Waals surface area contributed by atoms with Gasteiger partial charge in [-0.3, -0.25) is 0 Å². The van der Waals surface area contributed by atoms with Crippen LogP contribution < -0.4 is 5.32 Å². The second-order valence-corrected chi connectivity index (χ2v) is 5.00. The summed E-state index contributed by atoms with van der Waals surface area (Å²) in [5, 5.41) is 3.52. The van der Waals surface area contributed by atoms with Crippen molar-refractivity contribution >= 4 is 21.6 Å². The fourth-order valence-corrected chi connectivity index (χ4v) is 2.32. The van der Waals surface area contributed by atoms with Crippen LogP contribution in [-0.2, 0) is 0 Å². The minimum atomic E-state index is 0.659. The van der Waals surface area contributed by atoms with E-state index in [-0.39, 0.29) is 0 Å². The van der Waals surface area contributed by atoms with E-state index >= 15 is 0 Å². The molecule has 1 fully saturated rings. The van der Waals surface area contributed by atoms with Gasteiger partial charge in [0.1, 0.15) is 4.60 Å². The maximum atomic E-state index is 4.36. The quantitative estimate of drug-likeness (QED) is 0.819. The van der Waals surface area contributed by atoms with Gasteiger partial charge in [0.25, 0.3) is 0 Å². The zero-order chi connectivity index (χ0) is 10.1. The lowest BCUT2D eigenvalue weighted by molar-refractivity contribution is 0.309. The Morgan fingerprint density at radius 1 is 1.43 bits per heavy atom. The number of rotatable bonds is 2.